The average molecular weight is 345 g/mol. The Bertz CT molecular complexity index is 766. The molecule has 2 unspecified atom stereocenters. The summed E-state index contributed by atoms with van der Waals surface area (Å²) >= 11 is 0. The van der Waals surface area contributed by atoms with E-state index in [0.717, 1.165) is 12.8 Å². The zero-order valence-corrected chi connectivity index (χ0v) is 15.2. The molecule has 0 saturated carbocycles. The van der Waals surface area contributed by atoms with Crippen molar-refractivity contribution in [3.8, 4) is 0 Å². The molecule has 1 aromatic rings. The number of nitrogens with two attached hydrogens (primary N) is 1. The molecule has 1 aliphatic carbocycles. The fraction of sp³-hybridized carbons (Fsp3) is 0.632. The Labute approximate surface area is 147 Å². The molecule has 0 bridgehead atoms. The molecule has 1 amide bonds. The molecule has 6 nitrogen and oxygen atoms in total. The van der Waals surface area contributed by atoms with Gasteiger partial charge in [0, 0.05) is 36.8 Å². The van der Waals surface area contributed by atoms with Gasteiger partial charge >= 0.3 is 0 Å². The van der Waals surface area contributed by atoms with Crippen LogP contribution in [0, 0.1) is 11.3 Å². The monoisotopic (exact) mass is 345 g/mol. The predicted octanol–water partition coefficient (Wildman–Crippen LogP) is 1.73. The molecule has 0 radical (unpaired) electrons. The van der Waals surface area contributed by atoms with Crippen molar-refractivity contribution in [3.63, 3.8) is 0 Å². The fourth-order valence-corrected chi connectivity index (χ4v) is 4.08. The van der Waals surface area contributed by atoms with Gasteiger partial charge in [0.05, 0.1) is 0 Å². The standard InChI is InChI=1S/C19H27N3O3/c1-11-4-5-22(12(6-11)10-20)18(25)14-7-13-15(21-17(14)24)8-19(2,3)9-16(13)23/h7,11-12H,4-6,8-10,20H2,1-3H3,(H,21,24). The van der Waals surface area contributed by atoms with Crippen molar-refractivity contribution in [2.75, 3.05) is 13.1 Å². The summed E-state index contributed by atoms with van der Waals surface area (Å²) in [6.07, 6.45) is 2.80. The van der Waals surface area contributed by atoms with Gasteiger partial charge in [-0.2, -0.15) is 0 Å². The normalized spacial score (nSPS) is 25.6. The highest BCUT2D eigenvalue weighted by Crippen LogP contribution is 2.33. The minimum absolute atomic E-state index is 0.0146. The Hall–Kier alpha value is -1.95. The van der Waals surface area contributed by atoms with Crippen molar-refractivity contribution in [2.24, 2.45) is 17.1 Å². The Kier molecular flexibility index (Phi) is 4.58. The number of hydrogen-bond donors (Lipinski definition) is 2. The molecular weight excluding hydrogens is 318 g/mol. The second-order valence-electron chi connectivity index (χ2n) is 8.36. The van der Waals surface area contributed by atoms with Crippen LogP contribution in [-0.4, -0.2) is 40.7 Å². The number of H-pyrrole nitrogens is 1. The zero-order valence-electron chi connectivity index (χ0n) is 15.2. The Morgan fingerprint density at radius 2 is 2.08 bits per heavy atom. The molecule has 25 heavy (non-hydrogen) atoms. The number of aromatic nitrogens is 1. The smallest absolute Gasteiger partial charge is 0.261 e. The van der Waals surface area contributed by atoms with Crippen molar-refractivity contribution < 1.29 is 9.59 Å². The highest BCUT2D eigenvalue weighted by atomic mass is 16.2. The van der Waals surface area contributed by atoms with Gasteiger partial charge in [-0.25, -0.2) is 0 Å². The van der Waals surface area contributed by atoms with Crippen LogP contribution in [0.2, 0.25) is 0 Å². The van der Waals surface area contributed by atoms with E-state index in [1.807, 2.05) is 13.8 Å². The van der Waals surface area contributed by atoms with E-state index in [-0.39, 0.29) is 28.7 Å². The van der Waals surface area contributed by atoms with E-state index in [4.69, 9.17) is 5.73 Å². The number of Topliss-reactive ketones (excluding diaryl/α,β-unsaturated/α-hetero) is 1. The number of pyridine rings is 1. The third kappa shape index (κ3) is 3.40. The second kappa shape index (κ2) is 6.41. The molecule has 3 N–H and O–H groups in total. The van der Waals surface area contributed by atoms with Crippen molar-refractivity contribution in [1.29, 1.82) is 0 Å². The summed E-state index contributed by atoms with van der Waals surface area (Å²) in [5.74, 6) is 0.187. The highest BCUT2D eigenvalue weighted by Gasteiger charge is 2.35. The number of aromatic amines is 1. The van der Waals surface area contributed by atoms with E-state index in [0.29, 0.717) is 43.1 Å². The van der Waals surface area contributed by atoms with Crippen LogP contribution >= 0.6 is 0 Å². The zero-order chi connectivity index (χ0) is 18.4. The summed E-state index contributed by atoms with van der Waals surface area (Å²) < 4.78 is 0. The average Bonchev–Trinajstić information content (AvgIpc) is 2.52. The van der Waals surface area contributed by atoms with Gasteiger partial charge in [0.2, 0.25) is 0 Å². The Balaban J connectivity index is 1.96. The molecule has 136 valence electrons. The number of rotatable bonds is 2. The van der Waals surface area contributed by atoms with Gasteiger partial charge in [0.25, 0.3) is 11.5 Å². The fourth-order valence-electron chi connectivity index (χ4n) is 4.08. The molecule has 1 fully saturated rings. The molecule has 1 aromatic heterocycles. The lowest BCUT2D eigenvalue weighted by atomic mass is 9.75. The van der Waals surface area contributed by atoms with Gasteiger partial charge in [0.15, 0.2) is 5.78 Å². The quantitative estimate of drug-likeness (QED) is 0.853. The van der Waals surface area contributed by atoms with E-state index < -0.39 is 5.56 Å². The number of piperidine rings is 1. The number of nitrogens with one attached hydrogen (secondary N) is 1. The molecule has 1 aliphatic heterocycles. The molecule has 3 rings (SSSR count). The van der Waals surface area contributed by atoms with E-state index in [1.165, 1.54) is 6.07 Å². The summed E-state index contributed by atoms with van der Waals surface area (Å²) in [6.45, 7) is 7.14. The van der Waals surface area contributed by atoms with Crippen LogP contribution in [0.3, 0.4) is 0 Å². The molecule has 0 spiro atoms. The number of nitrogens with zero attached hydrogens (tertiary/aromatic N) is 1. The number of likely N-dealkylation sites (tertiary alicyclic amines) is 1. The third-order valence-electron chi connectivity index (χ3n) is 5.46. The van der Waals surface area contributed by atoms with Crippen LogP contribution in [0.4, 0.5) is 0 Å². The highest BCUT2D eigenvalue weighted by molar-refractivity contribution is 6.02. The van der Waals surface area contributed by atoms with Gasteiger partial charge in [-0.1, -0.05) is 20.8 Å². The molecule has 1 saturated heterocycles. The number of carbonyl (C=O) groups is 2. The first-order valence-electron chi connectivity index (χ1n) is 9.02. The molecule has 6 heteroatoms. The van der Waals surface area contributed by atoms with Gasteiger partial charge < -0.3 is 15.6 Å². The summed E-state index contributed by atoms with van der Waals surface area (Å²) in [5.41, 5.74) is 6.43. The summed E-state index contributed by atoms with van der Waals surface area (Å²) in [4.78, 5) is 42.4. The number of hydrogen-bond acceptors (Lipinski definition) is 4. The van der Waals surface area contributed by atoms with Crippen molar-refractivity contribution in [2.45, 2.75) is 52.5 Å². The first-order valence-corrected chi connectivity index (χ1v) is 9.02. The summed E-state index contributed by atoms with van der Waals surface area (Å²) in [7, 11) is 0. The van der Waals surface area contributed by atoms with Crippen molar-refractivity contribution >= 4 is 11.7 Å². The molecular formula is C19H27N3O3. The van der Waals surface area contributed by atoms with E-state index in [1.54, 1.807) is 4.90 Å². The van der Waals surface area contributed by atoms with E-state index in [9.17, 15) is 14.4 Å². The van der Waals surface area contributed by atoms with Crippen molar-refractivity contribution in [3.05, 3.63) is 33.2 Å². The lowest BCUT2D eigenvalue weighted by molar-refractivity contribution is 0.0571. The van der Waals surface area contributed by atoms with Crippen LogP contribution in [0.5, 0.6) is 0 Å². The predicted molar refractivity (Wildman–Crippen MR) is 95.8 cm³/mol. The number of fused-ring (bicyclic) bond motifs is 1. The number of amides is 1. The van der Waals surface area contributed by atoms with Crippen LogP contribution < -0.4 is 11.3 Å². The van der Waals surface area contributed by atoms with Crippen LogP contribution in [-0.2, 0) is 6.42 Å². The molecule has 2 atom stereocenters. The maximum absolute atomic E-state index is 13.0. The minimum Gasteiger partial charge on any atom is -0.334 e. The lowest BCUT2D eigenvalue weighted by Crippen LogP contribution is -2.50. The molecule has 2 heterocycles. The molecule has 2 aliphatic rings. The first-order chi connectivity index (χ1) is 11.7. The van der Waals surface area contributed by atoms with Crippen molar-refractivity contribution in [1.82, 2.24) is 9.88 Å². The van der Waals surface area contributed by atoms with Gasteiger partial charge in [-0.05, 0) is 36.7 Å². The SMILES string of the molecule is CC1CCN(C(=O)c2cc3c([nH]c2=O)CC(C)(C)CC3=O)C(CN)C1. The number of ketones is 1. The third-order valence-corrected chi connectivity index (χ3v) is 5.46. The van der Waals surface area contributed by atoms with Crippen LogP contribution in [0.25, 0.3) is 0 Å². The van der Waals surface area contributed by atoms with Crippen LogP contribution in [0.15, 0.2) is 10.9 Å². The largest absolute Gasteiger partial charge is 0.334 e. The lowest BCUT2D eigenvalue weighted by Gasteiger charge is -2.38. The van der Waals surface area contributed by atoms with Gasteiger partial charge in [0.1, 0.15) is 5.56 Å². The van der Waals surface area contributed by atoms with Gasteiger partial charge in [-0.3, -0.25) is 14.4 Å². The Morgan fingerprint density at radius 1 is 1.36 bits per heavy atom. The topological polar surface area (TPSA) is 96.3 Å². The van der Waals surface area contributed by atoms with Crippen LogP contribution in [0.1, 0.15) is 66.4 Å². The molecule has 0 aromatic carbocycles. The van der Waals surface area contributed by atoms with E-state index in [2.05, 4.69) is 11.9 Å². The summed E-state index contributed by atoms with van der Waals surface area (Å²) in [5, 5.41) is 0. The first kappa shape index (κ1) is 17.9. The maximum atomic E-state index is 13.0. The summed E-state index contributed by atoms with van der Waals surface area (Å²) in [6, 6.07) is 1.45. The van der Waals surface area contributed by atoms with E-state index >= 15 is 0 Å². The maximum Gasteiger partial charge on any atom is 0.261 e. The Morgan fingerprint density at radius 3 is 2.76 bits per heavy atom. The second-order valence-corrected chi connectivity index (χ2v) is 8.36. The minimum atomic E-state index is -0.413. The van der Waals surface area contributed by atoms with Gasteiger partial charge in [-0.15, -0.1) is 0 Å². The number of carbonyl (C=O) groups excluding carboxylic acids is 2.